The van der Waals surface area contributed by atoms with Gasteiger partial charge in [-0.25, -0.2) is 32.5 Å². The molecule has 0 aliphatic carbocycles. The minimum Gasteiger partial charge on any atom is -0.493 e. The number of rotatable bonds is 11. The van der Waals surface area contributed by atoms with E-state index in [2.05, 4.69) is 57.0 Å². The van der Waals surface area contributed by atoms with Gasteiger partial charge in [0.1, 0.15) is 42.0 Å². The first-order chi connectivity index (χ1) is 29.0. The number of nitrogens with zero attached hydrogens (tertiary/aromatic N) is 8. The van der Waals surface area contributed by atoms with Gasteiger partial charge in [-0.1, -0.05) is 20.8 Å². The average Bonchev–Trinajstić information content (AvgIpc) is 3.95. The number of aryl methyl sites for hydroxylation is 2. The fourth-order valence-electron chi connectivity index (χ4n) is 10.0. The van der Waals surface area contributed by atoms with Crippen molar-refractivity contribution in [1.29, 1.82) is 0 Å². The van der Waals surface area contributed by atoms with Gasteiger partial charge in [-0.3, -0.25) is 0 Å². The van der Waals surface area contributed by atoms with Crippen LogP contribution in [0.15, 0.2) is 66.2 Å². The zero-order valence-electron chi connectivity index (χ0n) is 38.6. The summed E-state index contributed by atoms with van der Waals surface area (Å²) in [5.74, 6) is -1.19. The Morgan fingerprint density at radius 2 is 1.67 bits per heavy atom. The third-order valence-electron chi connectivity index (χ3n) is 13.1. The number of benzene rings is 3. The smallest absolute Gasteiger partial charge is 0.350 e. The van der Waals surface area contributed by atoms with Crippen LogP contribution in [0.25, 0.3) is 5.69 Å². The number of halogens is 2. The molecule has 2 fully saturated rings. The van der Waals surface area contributed by atoms with Gasteiger partial charge in [0, 0.05) is 54.6 Å². The van der Waals surface area contributed by atoms with Crippen molar-refractivity contribution in [2.24, 2.45) is 11.3 Å². The Morgan fingerprint density at radius 3 is 2.30 bits per heavy atom. The highest BCUT2D eigenvalue weighted by atomic mass is 19.1. The van der Waals surface area contributed by atoms with Gasteiger partial charge in [0.2, 0.25) is 0 Å². The summed E-state index contributed by atoms with van der Waals surface area (Å²) in [6.45, 7) is 25.5. The molecule has 3 aromatic carbocycles. The van der Waals surface area contributed by atoms with E-state index < -0.39 is 46.4 Å². The van der Waals surface area contributed by atoms with E-state index >= 15 is 4.39 Å². The molecule has 61 heavy (non-hydrogen) atoms. The monoisotopic (exact) mass is 841 g/mol. The maximum atomic E-state index is 16.1. The second kappa shape index (κ2) is 16.3. The molecule has 2 aliphatic rings. The van der Waals surface area contributed by atoms with Crippen molar-refractivity contribution in [3.8, 4) is 11.4 Å². The first-order valence-electron chi connectivity index (χ1n) is 21.8. The van der Waals surface area contributed by atoms with Gasteiger partial charge in [-0.15, -0.1) is 0 Å². The Kier molecular flexibility index (Phi) is 11.4. The Morgan fingerprint density at radius 1 is 0.967 bits per heavy atom. The molecule has 0 radical (unpaired) electrons. The van der Waals surface area contributed by atoms with Gasteiger partial charge in [-0.05, 0) is 133 Å². The summed E-state index contributed by atoms with van der Waals surface area (Å²) in [5.41, 5.74) is 2.70. The van der Waals surface area contributed by atoms with Crippen LogP contribution in [0.2, 0.25) is 0 Å². The molecule has 2 aromatic heterocycles. The second-order valence-corrected chi connectivity index (χ2v) is 19.0. The quantitative estimate of drug-likeness (QED) is 0.141. The lowest BCUT2D eigenvalue weighted by atomic mass is 9.78. The molecule has 2 aliphatic heterocycles. The number of aromatic nitrogens is 6. The number of anilines is 2. The van der Waals surface area contributed by atoms with E-state index in [4.69, 9.17) is 10.8 Å². The Bertz CT molecular complexity index is 2450. The zero-order valence-corrected chi connectivity index (χ0v) is 37.6. The second-order valence-electron chi connectivity index (χ2n) is 19.0. The van der Waals surface area contributed by atoms with E-state index in [9.17, 15) is 14.3 Å². The highest BCUT2D eigenvalue weighted by Crippen LogP contribution is 2.52. The molecule has 5 aromatic rings. The maximum Gasteiger partial charge on any atom is 0.350 e. The lowest BCUT2D eigenvalue weighted by molar-refractivity contribution is -0.0787. The zero-order chi connectivity index (χ0) is 45.2. The molecular weight excluding hydrogens is 779 g/mol. The Balaban J connectivity index is 1.03. The Hall–Kier alpha value is -5.08. The van der Waals surface area contributed by atoms with Crippen LogP contribution < -0.4 is 20.2 Å². The van der Waals surface area contributed by atoms with Gasteiger partial charge in [0.25, 0.3) is 0 Å². The lowest BCUT2D eigenvalue weighted by Gasteiger charge is -2.43. The van der Waals surface area contributed by atoms with Gasteiger partial charge in [-0.2, -0.15) is 10.2 Å². The van der Waals surface area contributed by atoms with Gasteiger partial charge >= 0.3 is 5.69 Å². The molecule has 0 bridgehead atoms. The Labute approximate surface area is 359 Å². The van der Waals surface area contributed by atoms with Crippen molar-refractivity contribution >= 4 is 11.4 Å². The van der Waals surface area contributed by atoms with E-state index in [1.165, 1.54) is 17.3 Å². The van der Waals surface area contributed by atoms with Crippen molar-refractivity contribution in [3.63, 3.8) is 0 Å². The summed E-state index contributed by atoms with van der Waals surface area (Å²) >= 11 is 0. The molecule has 7 rings (SSSR count). The van der Waals surface area contributed by atoms with Crippen molar-refractivity contribution in [2.75, 3.05) is 36.0 Å². The third-order valence-corrected chi connectivity index (χ3v) is 13.1. The number of aliphatic hydroxyl groups is 1. The first kappa shape index (κ1) is 42.6. The molecule has 0 spiro atoms. The minimum atomic E-state index is -1.25. The van der Waals surface area contributed by atoms with Crippen LogP contribution in [0.5, 0.6) is 5.75 Å². The highest BCUT2D eigenvalue weighted by Gasteiger charge is 2.53. The number of hydrogen-bond acceptors (Lipinski definition) is 9. The van der Waals surface area contributed by atoms with Crippen LogP contribution in [0.4, 0.5) is 20.2 Å². The summed E-state index contributed by atoms with van der Waals surface area (Å²) in [4.78, 5) is 22.6. The SMILES string of the molecule is [2H]c1c(F)c(C)c(C)c([C@@]2([C@H](C)n3cncn3)C[C@H](COc3ccc(N4CCN(c5ccc(-n6cnn([C@@H](C(C)(C)C)C(C)(C)O)c6=O)cc5C)CC4C)cc3C)C(C)O2)c1F. The van der Waals surface area contributed by atoms with Gasteiger partial charge in [0.15, 0.2) is 0 Å². The predicted octanol–water partition coefficient (Wildman–Crippen LogP) is 8.17. The van der Waals surface area contributed by atoms with Gasteiger partial charge in [0.05, 0.1) is 37.5 Å². The standard InChI is InChI=1S/C47H62F2N8O4/c1-28-19-37(55-27-52-57(44(55)58)43(45(8,9)10)46(11,12)59)13-15-40(28)53-17-18-54(30(3)23-53)36-14-16-41(29(2)20-36)60-24-35-22-47(61-33(35)6,34(7)56-26-50-25-51-56)42-32(5)31(4)38(48)21-39(42)49/h13-16,19-21,25-27,30,33-35,43,59H,17-18,22-24H2,1-12H3/t30?,33?,34-,35+,43-,47-/m0/s1/i21D. The van der Waals surface area contributed by atoms with Crippen molar-refractivity contribution < 1.29 is 24.7 Å². The summed E-state index contributed by atoms with van der Waals surface area (Å²) in [6.07, 6.45) is 4.53. The van der Waals surface area contributed by atoms with E-state index in [0.29, 0.717) is 18.6 Å². The molecule has 4 heterocycles. The third kappa shape index (κ3) is 8.20. The summed E-state index contributed by atoms with van der Waals surface area (Å²) < 4.78 is 57.0. The van der Waals surface area contributed by atoms with E-state index in [-0.39, 0.29) is 34.9 Å². The van der Waals surface area contributed by atoms with Crippen LogP contribution in [0.1, 0.15) is 103 Å². The van der Waals surface area contributed by atoms with Crippen LogP contribution >= 0.6 is 0 Å². The van der Waals surface area contributed by atoms with E-state index in [1.54, 1.807) is 43.3 Å². The molecule has 0 amide bonds. The fourth-order valence-corrected chi connectivity index (χ4v) is 10.0. The molecular formula is C47H62F2N8O4. The maximum absolute atomic E-state index is 16.1. The summed E-state index contributed by atoms with van der Waals surface area (Å²) in [5, 5.41) is 19.7. The number of ether oxygens (including phenoxy) is 2. The molecule has 2 unspecified atom stereocenters. The van der Waals surface area contributed by atoms with Crippen molar-refractivity contribution in [3.05, 3.63) is 111 Å². The first-order valence-corrected chi connectivity index (χ1v) is 21.3. The van der Waals surface area contributed by atoms with E-state index in [1.807, 2.05) is 59.7 Å². The molecule has 6 atom stereocenters. The topological polar surface area (TPSA) is 116 Å². The van der Waals surface area contributed by atoms with Crippen molar-refractivity contribution in [2.45, 2.75) is 125 Å². The summed E-state index contributed by atoms with van der Waals surface area (Å²) in [6, 6.07) is 10.7. The van der Waals surface area contributed by atoms with Crippen LogP contribution in [0, 0.1) is 50.7 Å². The summed E-state index contributed by atoms with van der Waals surface area (Å²) in [7, 11) is 0. The predicted molar refractivity (Wildman–Crippen MR) is 234 cm³/mol. The molecule has 2 saturated heterocycles. The average molecular weight is 842 g/mol. The minimum absolute atomic E-state index is 0.151. The molecule has 1 N–H and O–H groups in total. The van der Waals surface area contributed by atoms with Crippen LogP contribution in [-0.2, 0) is 10.3 Å². The van der Waals surface area contributed by atoms with Gasteiger partial charge < -0.3 is 24.4 Å². The van der Waals surface area contributed by atoms with Crippen LogP contribution in [-0.4, -0.2) is 78.2 Å². The molecule has 12 nitrogen and oxygen atoms in total. The highest BCUT2D eigenvalue weighted by molar-refractivity contribution is 5.60. The van der Waals surface area contributed by atoms with Crippen LogP contribution in [0.3, 0.4) is 0 Å². The normalized spacial score (nSPS) is 22.4. The fraction of sp³-hybridized carbons (Fsp3) is 0.532. The molecule has 328 valence electrons. The number of piperazine rings is 1. The van der Waals surface area contributed by atoms with E-state index in [0.717, 1.165) is 53.6 Å². The molecule has 0 saturated carbocycles. The number of hydrogen-bond donors (Lipinski definition) is 1. The molecule has 14 heteroatoms. The largest absolute Gasteiger partial charge is 0.493 e. The lowest BCUT2D eigenvalue weighted by Crippen LogP contribution is -2.52. The van der Waals surface area contributed by atoms with Crippen molar-refractivity contribution in [1.82, 2.24) is 29.1 Å².